The number of aromatic nitrogens is 2. The second-order valence-electron chi connectivity index (χ2n) is 6.53. The van der Waals surface area contributed by atoms with Gasteiger partial charge in [-0.1, -0.05) is 0 Å². The third kappa shape index (κ3) is 4.61. The average molecular weight is 340 g/mol. The number of pyridine rings is 2. The van der Waals surface area contributed by atoms with Crippen LogP contribution in [-0.2, 0) is 35.7 Å². The number of amides is 1. The second kappa shape index (κ2) is 8.18. The number of hydrogen-bond donors (Lipinski definition) is 0. The molecule has 1 aliphatic heterocycles. The number of carbonyl (C=O) groups is 1. The Labute approximate surface area is 148 Å². The molecule has 0 saturated heterocycles. The maximum absolute atomic E-state index is 11.9. The first kappa shape index (κ1) is 17.5. The Bertz CT molecular complexity index is 719. The van der Waals surface area contributed by atoms with E-state index in [1.807, 2.05) is 24.5 Å². The molecular weight excluding hydrogens is 316 g/mol. The van der Waals surface area contributed by atoms with Crippen LogP contribution >= 0.6 is 0 Å². The van der Waals surface area contributed by atoms with Gasteiger partial charge in [-0.2, -0.15) is 0 Å². The molecule has 0 saturated carbocycles. The number of hydrogen-bond acceptors (Lipinski definition) is 5. The molecule has 0 unspecified atom stereocenters. The SMILES string of the molecule is CN(C)C(=O)CN1CCc2c(COCc3ccncc3)cncc2C1. The average Bonchev–Trinajstić information content (AvgIpc) is 2.62. The summed E-state index contributed by atoms with van der Waals surface area (Å²) in [5.74, 6) is 0.133. The van der Waals surface area contributed by atoms with Crippen molar-refractivity contribution in [3.05, 3.63) is 59.2 Å². The molecule has 3 rings (SSSR count). The van der Waals surface area contributed by atoms with Crippen LogP contribution in [0.1, 0.15) is 22.3 Å². The second-order valence-corrected chi connectivity index (χ2v) is 6.53. The summed E-state index contributed by atoms with van der Waals surface area (Å²) in [5.41, 5.74) is 4.77. The Balaban J connectivity index is 1.60. The van der Waals surface area contributed by atoms with Crippen LogP contribution < -0.4 is 0 Å². The Morgan fingerprint density at radius 2 is 2.00 bits per heavy atom. The van der Waals surface area contributed by atoms with Gasteiger partial charge < -0.3 is 9.64 Å². The van der Waals surface area contributed by atoms with Crippen molar-refractivity contribution in [2.75, 3.05) is 27.2 Å². The van der Waals surface area contributed by atoms with E-state index in [-0.39, 0.29) is 5.91 Å². The summed E-state index contributed by atoms with van der Waals surface area (Å²) < 4.78 is 5.85. The van der Waals surface area contributed by atoms with Gasteiger partial charge in [0.25, 0.3) is 0 Å². The lowest BCUT2D eigenvalue weighted by Gasteiger charge is -2.30. The van der Waals surface area contributed by atoms with E-state index in [9.17, 15) is 4.79 Å². The van der Waals surface area contributed by atoms with Gasteiger partial charge in [-0.25, -0.2) is 0 Å². The van der Waals surface area contributed by atoms with Gasteiger partial charge in [-0.15, -0.1) is 0 Å². The zero-order valence-electron chi connectivity index (χ0n) is 14.8. The summed E-state index contributed by atoms with van der Waals surface area (Å²) in [6, 6.07) is 3.91. The molecule has 0 aromatic carbocycles. The highest BCUT2D eigenvalue weighted by atomic mass is 16.5. The molecule has 1 amide bonds. The van der Waals surface area contributed by atoms with Crippen molar-refractivity contribution in [1.82, 2.24) is 19.8 Å². The lowest BCUT2D eigenvalue weighted by atomic mass is 9.97. The lowest BCUT2D eigenvalue weighted by Crippen LogP contribution is -2.39. The van der Waals surface area contributed by atoms with Crippen molar-refractivity contribution in [1.29, 1.82) is 0 Å². The Hall–Kier alpha value is -2.31. The fourth-order valence-corrected chi connectivity index (χ4v) is 2.98. The summed E-state index contributed by atoms with van der Waals surface area (Å²) in [6.45, 7) is 3.22. The first-order valence-corrected chi connectivity index (χ1v) is 8.47. The Kier molecular flexibility index (Phi) is 5.73. The van der Waals surface area contributed by atoms with Crippen LogP contribution in [0.25, 0.3) is 0 Å². The monoisotopic (exact) mass is 340 g/mol. The van der Waals surface area contributed by atoms with E-state index in [4.69, 9.17) is 4.74 Å². The van der Waals surface area contributed by atoms with E-state index >= 15 is 0 Å². The van der Waals surface area contributed by atoms with Crippen molar-refractivity contribution in [2.24, 2.45) is 0 Å². The van der Waals surface area contributed by atoms with Crippen LogP contribution in [0.15, 0.2) is 36.9 Å². The Morgan fingerprint density at radius 3 is 2.76 bits per heavy atom. The minimum Gasteiger partial charge on any atom is -0.372 e. The zero-order chi connectivity index (χ0) is 17.6. The van der Waals surface area contributed by atoms with Gasteiger partial charge in [0, 0.05) is 52.0 Å². The standard InChI is InChI=1S/C19H24N4O2/c1-22(2)19(24)12-23-8-5-18-16(11-23)9-21-10-17(18)14-25-13-15-3-6-20-7-4-15/h3-4,6-7,9-10H,5,8,11-14H2,1-2H3. The van der Waals surface area contributed by atoms with E-state index in [1.165, 1.54) is 11.1 Å². The molecule has 0 radical (unpaired) electrons. The van der Waals surface area contributed by atoms with Crippen molar-refractivity contribution >= 4 is 5.91 Å². The minimum absolute atomic E-state index is 0.133. The van der Waals surface area contributed by atoms with Gasteiger partial charge in [-0.3, -0.25) is 19.7 Å². The van der Waals surface area contributed by atoms with Crippen molar-refractivity contribution < 1.29 is 9.53 Å². The highest BCUT2D eigenvalue weighted by molar-refractivity contribution is 5.77. The smallest absolute Gasteiger partial charge is 0.236 e. The van der Waals surface area contributed by atoms with E-state index < -0.39 is 0 Å². The van der Waals surface area contributed by atoms with Crippen LogP contribution in [0.4, 0.5) is 0 Å². The molecule has 0 bridgehead atoms. The summed E-state index contributed by atoms with van der Waals surface area (Å²) >= 11 is 0. The topological polar surface area (TPSA) is 58.6 Å². The van der Waals surface area contributed by atoms with Crippen LogP contribution in [0.2, 0.25) is 0 Å². The fourth-order valence-electron chi connectivity index (χ4n) is 2.98. The first-order valence-electron chi connectivity index (χ1n) is 8.47. The fraction of sp³-hybridized carbons (Fsp3) is 0.421. The minimum atomic E-state index is 0.133. The predicted molar refractivity (Wildman–Crippen MR) is 94.6 cm³/mol. The van der Waals surface area contributed by atoms with Crippen LogP contribution in [0.5, 0.6) is 0 Å². The van der Waals surface area contributed by atoms with E-state index in [0.717, 1.165) is 30.6 Å². The number of ether oxygens (including phenoxy) is 1. The van der Waals surface area contributed by atoms with Crippen molar-refractivity contribution in [2.45, 2.75) is 26.2 Å². The van der Waals surface area contributed by atoms with Crippen LogP contribution in [0.3, 0.4) is 0 Å². The number of rotatable bonds is 6. The zero-order valence-corrected chi connectivity index (χ0v) is 14.8. The van der Waals surface area contributed by atoms with Gasteiger partial charge in [0.05, 0.1) is 19.8 Å². The van der Waals surface area contributed by atoms with Crippen molar-refractivity contribution in [3.8, 4) is 0 Å². The maximum atomic E-state index is 11.9. The number of fused-ring (bicyclic) bond motifs is 1. The molecule has 0 N–H and O–H groups in total. The van der Waals surface area contributed by atoms with Gasteiger partial charge in [-0.05, 0) is 40.8 Å². The van der Waals surface area contributed by atoms with Crippen LogP contribution in [-0.4, -0.2) is 52.9 Å². The quantitative estimate of drug-likeness (QED) is 0.800. The highest BCUT2D eigenvalue weighted by Crippen LogP contribution is 2.22. The van der Waals surface area contributed by atoms with Gasteiger partial charge in [0.1, 0.15) is 0 Å². The van der Waals surface area contributed by atoms with E-state index in [0.29, 0.717) is 19.8 Å². The Morgan fingerprint density at radius 1 is 1.20 bits per heavy atom. The molecule has 0 atom stereocenters. The van der Waals surface area contributed by atoms with E-state index in [2.05, 4.69) is 14.9 Å². The number of nitrogens with zero attached hydrogens (tertiary/aromatic N) is 4. The molecule has 132 valence electrons. The van der Waals surface area contributed by atoms with E-state index in [1.54, 1.807) is 31.4 Å². The predicted octanol–water partition coefficient (Wildman–Crippen LogP) is 1.64. The molecule has 1 aliphatic rings. The highest BCUT2D eigenvalue weighted by Gasteiger charge is 2.21. The molecule has 0 aliphatic carbocycles. The molecule has 2 aromatic heterocycles. The molecule has 0 fully saturated rings. The molecule has 6 nitrogen and oxygen atoms in total. The largest absolute Gasteiger partial charge is 0.372 e. The molecular formula is C19H24N4O2. The first-order chi connectivity index (χ1) is 12.1. The summed E-state index contributed by atoms with van der Waals surface area (Å²) in [6.07, 6.45) is 8.27. The van der Waals surface area contributed by atoms with Crippen molar-refractivity contribution in [3.63, 3.8) is 0 Å². The summed E-state index contributed by atoms with van der Waals surface area (Å²) in [4.78, 5) is 24.1. The van der Waals surface area contributed by atoms with Gasteiger partial charge in [0.2, 0.25) is 5.91 Å². The molecule has 0 spiro atoms. The van der Waals surface area contributed by atoms with Crippen LogP contribution in [0, 0.1) is 0 Å². The maximum Gasteiger partial charge on any atom is 0.236 e. The summed E-state index contributed by atoms with van der Waals surface area (Å²) in [7, 11) is 3.58. The molecule has 6 heteroatoms. The lowest BCUT2D eigenvalue weighted by molar-refractivity contribution is -0.130. The van der Waals surface area contributed by atoms with Gasteiger partial charge in [0.15, 0.2) is 0 Å². The number of carbonyl (C=O) groups excluding carboxylic acids is 1. The number of likely N-dealkylation sites (N-methyl/N-ethyl adjacent to an activating group) is 1. The molecule has 3 heterocycles. The summed E-state index contributed by atoms with van der Waals surface area (Å²) in [5, 5.41) is 0. The normalized spacial score (nSPS) is 14.2. The molecule has 2 aromatic rings. The third-order valence-corrected chi connectivity index (χ3v) is 4.44. The van der Waals surface area contributed by atoms with Gasteiger partial charge >= 0.3 is 0 Å². The molecule has 25 heavy (non-hydrogen) atoms. The third-order valence-electron chi connectivity index (χ3n) is 4.44.